The Morgan fingerprint density at radius 2 is 1.35 bits per heavy atom. The van der Waals surface area contributed by atoms with Gasteiger partial charge in [0.15, 0.2) is 0 Å². The zero-order valence-electron chi connectivity index (χ0n) is 12.7. The Bertz CT molecular complexity index is 806. The van der Waals surface area contributed by atoms with E-state index in [0.29, 0.717) is 0 Å². The number of nitrogens with one attached hydrogen (secondary N) is 1. The summed E-state index contributed by atoms with van der Waals surface area (Å²) < 4.78 is 0. The molecule has 0 aliphatic carbocycles. The molecule has 0 aromatic heterocycles. The molecule has 0 atom stereocenters. The largest absolute Gasteiger partial charge is 0.356 e. The summed E-state index contributed by atoms with van der Waals surface area (Å²) in [6, 6.07) is 25.7. The fraction of sp³-hybridized carbons (Fsp3) is 0. The van der Waals surface area contributed by atoms with Crippen LogP contribution in [0, 0.1) is 0 Å². The highest BCUT2D eigenvalue weighted by Crippen LogP contribution is 2.24. The Morgan fingerprint density at radius 1 is 0.696 bits per heavy atom. The van der Waals surface area contributed by atoms with Crippen LogP contribution in [0.4, 0.5) is 22.7 Å². The fourth-order valence-corrected chi connectivity index (χ4v) is 2.16. The number of nitrogens with zero attached hydrogens (tertiary/aromatic N) is 2. The molecule has 3 rings (SSSR count). The van der Waals surface area contributed by atoms with Crippen LogP contribution in [0.15, 0.2) is 95.7 Å². The van der Waals surface area contributed by atoms with Crippen LogP contribution in [0.25, 0.3) is 6.08 Å². The van der Waals surface area contributed by atoms with Crippen LogP contribution in [-0.2, 0) is 0 Å². The molecule has 0 radical (unpaired) electrons. The molecule has 1 N–H and O–H groups in total. The molecule has 23 heavy (non-hydrogen) atoms. The maximum Gasteiger partial charge on any atom is 0.0929 e. The van der Waals surface area contributed by atoms with Crippen LogP contribution < -0.4 is 5.32 Å². The minimum atomic E-state index is 0.808. The van der Waals surface area contributed by atoms with Crippen molar-refractivity contribution in [3.63, 3.8) is 0 Å². The number of rotatable bonds is 5. The minimum absolute atomic E-state index is 0.808. The number of azo groups is 1. The van der Waals surface area contributed by atoms with E-state index in [0.717, 1.165) is 28.3 Å². The van der Waals surface area contributed by atoms with Crippen LogP contribution in [0.1, 0.15) is 5.56 Å². The summed E-state index contributed by atoms with van der Waals surface area (Å²) in [4.78, 5) is 0. The predicted molar refractivity (Wildman–Crippen MR) is 96.9 cm³/mol. The molecule has 0 spiro atoms. The molecule has 3 aromatic rings. The molecule has 0 unspecified atom stereocenters. The molecule has 0 saturated heterocycles. The summed E-state index contributed by atoms with van der Waals surface area (Å²) >= 11 is 0. The lowest BCUT2D eigenvalue weighted by atomic mass is 10.2. The number of hydrogen-bond donors (Lipinski definition) is 1. The van der Waals surface area contributed by atoms with E-state index in [1.54, 1.807) is 6.08 Å². The van der Waals surface area contributed by atoms with E-state index in [1.165, 1.54) is 0 Å². The van der Waals surface area contributed by atoms with Crippen molar-refractivity contribution in [2.75, 3.05) is 5.32 Å². The lowest BCUT2D eigenvalue weighted by Crippen LogP contribution is -1.88. The van der Waals surface area contributed by atoms with Crippen LogP contribution in [0.2, 0.25) is 0 Å². The van der Waals surface area contributed by atoms with E-state index in [1.807, 2.05) is 78.9 Å². The van der Waals surface area contributed by atoms with Crippen LogP contribution in [0.3, 0.4) is 0 Å². The van der Waals surface area contributed by atoms with E-state index in [-0.39, 0.29) is 0 Å². The first-order chi connectivity index (χ1) is 11.3. The Balaban J connectivity index is 1.72. The molecular formula is C20H17N3. The molecule has 0 aliphatic heterocycles. The smallest absolute Gasteiger partial charge is 0.0929 e. The highest BCUT2D eigenvalue weighted by atomic mass is 15.1. The van der Waals surface area contributed by atoms with Crippen molar-refractivity contribution in [3.8, 4) is 0 Å². The number of anilines is 2. The number of hydrogen-bond acceptors (Lipinski definition) is 3. The predicted octanol–water partition coefficient (Wildman–Crippen LogP) is 6.49. The standard InChI is InChI=1S/C20H17N3/c1-2-16-8-6-7-11-20(16)23-22-19-14-12-18(13-15-19)21-17-9-4-3-5-10-17/h2-15,21H,1H2. The summed E-state index contributed by atoms with van der Waals surface area (Å²) in [6.45, 7) is 3.79. The summed E-state index contributed by atoms with van der Waals surface area (Å²) in [6.07, 6.45) is 1.78. The summed E-state index contributed by atoms with van der Waals surface area (Å²) in [5, 5.41) is 11.9. The Hall–Kier alpha value is -3.20. The van der Waals surface area contributed by atoms with Gasteiger partial charge in [-0.15, -0.1) is 5.11 Å². The van der Waals surface area contributed by atoms with Gasteiger partial charge in [0.2, 0.25) is 0 Å². The molecule has 3 aromatic carbocycles. The van der Waals surface area contributed by atoms with Gasteiger partial charge in [0.1, 0.15) is 0 Å². The number of para-hydroxylation sites is 1. The molecule has 0 bridgehead atoms. The second kappa shape index (κ2) is 7.18. The lowest BCUT2D eigenvalue weighted by molar-refractivity contribution is 1.23. The molecule has 0 heterocycles. The lowest BCUT2D eigenvalue weighted by Gasteiger charge is -2.05. The van der Waals surface area contributed by atoms with E-state index in [9.17, 15) is 0 Å². The average Bonchev–Trinajstić information content (AvgIpc) is 2.62. The zero-order chi connectivity index (χ0) is 15.9. The van der Waals surface area contributed by atoms with Crippen molar-refractivity contribution in [2.45, 2.75) is 0 Å². The molecule has 0 aliphatic rings. The maximum absolute atomic E-state index is 4.29. The van der Waals surface area contributed by atoms with E-state index in [4.69, 9.17) is 0 Å². The second-order valence-corrected chi connectivity index (χ2v) is 5.00. The summed E-state index contributed by atoms with van der Waals surface area (Å²) in [5.41, 5.74) is 4.67. The molecule has 0 fully saturated rings. The molecule has 112 valence electrons. The fourth-order valence-electron chi connectivity index (χ4n) is 2.16. The number of benzene rings is 3. The highest BCUT2D eigenvalue weighted by Gasteiger charge is 1.97. The molecule has 3 nitrogen and oxygen atoms in total. The van der Waals surface area contributed by atoms with Gasteiger partial charge in [-0.25, -0.2) is 0 Å². The SMILES string of the molecule is C=Cc1ccccc1N=Nc1ccc(Nc2ccccc2)cc1. The summed E-state index contributed by atoms with van der Waals surface area (Å²) in [5.74, 6) is 0. The van der Waals surface area contributed by atoms with Gasteiger partial charge < -0.3 is 5.32 Å². The molecule has 0 amide bonds. The van der Waals surface area contributed by atoms with Crippen molar-refractivity contribution in [1.82, 2.24) is 0 Å². The first-order valence-electron chi connectivity index (χ1n) is 7.40. The van der Waals surface area contributed by atoms with Crippen molar-refractivity contribution >= 4 is 28.8 Å². The molecular weight excluding hydrogens is 282 g/mol. The van der Waals surface area contributed by atoms with Gasteiger partial charge in [-0.3, -0.25) is 0 Å². The second-order valence-electron chi connectivity index (χ2n) is 5.00. The van der Waals surface area contributed by atoms with Gasteiger partial charge in [-0.2, -0.15) is 5.11 Å². The first-order valence-corrected chi connectivity index (χ1v) is 7.40. The third kappa shape index (κ3) is 3.92. The van der Waals surface area contributed by atoms with Gasteiger partial charge >= 0.3 is 0 Å². The minimum Gasteiger partial charge on any atom is -0.356 e. The quantitative estimate of drug-likeness (QED) is 0.537. The Morgan fingerprint density at radius 3 is 2.09 bits per heavy atom. The Kier molecular flexibility index (Phi) is 4.60. The topological polar surface area (TPSA) is 36.8 Å². The van der Waals surface area contributed by atoms with Crippen molar-refractivity contribution in [3.05, 3.63) is 91.0 Å². The third-order valence-electron chi connectivity index (χ3n) is 3.36. The van der Waals surface area contributed by atoms with E-state index in [2.05, 4.69) is 22.1 Å². The monoisotopic (exact) mass is 299 g/mol. The van der Waals surface area contributed by atoms with E-state index < -0.39 is 0 Å². The van der Waals surface area contributed by atoms with Crippen LogP contribution in [0.5, 0.6) is 0 Å². The van der Waals surface area contributed by atoms with E-state index >= 15 is 0 Å². The zero-order valence-corrected chi connectivity index (χ0v) is 12.7. The van der Waals surface area contributed by atoms with Crippen LogP contribution in [-0.4, -0.2) is 0 Å². The van der Waals surface area contributed by atoms with Crippen molar-refractivity contribution < 1.29 is 0 Å². The third-order valence-corrected chi connectivity index (χ3v) is 3.36. The average molecular weight is 299 g/mol. The van der Waals surface area contributed by atoms with Crippen molar-refractivity contribution in [2.24, 2.45) is 10.2 Å². The summed E-state index contributed by atoms with van der Waals surface area (Å²) in [7, 11) is 0. The Labute approximate surface area is 136 Å². The molecule has 3 heteroatoms. The van der Waals surface area contributed by atoms with Crippen LogP contribution >= 0.6 is 0 Å². The molecule has 0 saturated carbocycles. The van der Waals surface area contributed by atoms with Gasteiger partial charge in [0, 0.05) is 16.9 Å². The first kappa shape index (κ1) is 14.7. The van der Waals surface area contributed by atoms with Gasteiger partial charge in [-0.1, -0.05) is 49.1 Å². The van der Waals surface area contributed by atoms with Gasteiger partial charge in [-0.05, 0) is 42.5 Å². The highest BCUT2D eigenvalue weighted by molar-refractivity contribution is 5.63. The van der Waals surface area contributed by atoms with Crippen molar-refractivity contribution in [1.29, 1.82) is 0 Å². The maximum atomic E-state index is 4.29. The van der Waals surface area contributed by atoms with Gasteiger partial charge in [0.25, 0.3) is 0 Å². The van der Waals surface area contributed by atoms with Gasteiger partial charge in [0.05, 0.1) is 11.4 Å². The normalized spacial score (nSPS) is 10.6.